The first-order valence-electron chi connectivity index (χ1n) is 12.7. The highest BCUT2D eigenvalue weighted by Gasteiger charge is 2.41. The van der Waals surface area contributed by atoms with E-state index in [-0.39, 0.29) is 36.6 Å². The van der Waals surface area contributed by atoms with Crippen molar-refractivity contribution in [3.05, 3.63) is 71.3 Å². The van der Waals surface area contributed by atoms with Gasteiger partial charge in [0, 0.05) is 0 Å². The second-order valence-electron chi connectivity index (χ2n) is 9.92. The number of hydrogen-bond donors (Lipinski definition) is 2. The summed E-state index contributed by atoms with van der Waals surface area (Å²) in [6, 6.07) is 16.5. The van der Waals surface area contributed by atoms with Gasteiger partial charge in [0.2, 0.25) is 6.79 Å². The van der Waals surface area contributed by atoms with Crippen molar-refractivity contribution in [2.75, 3.05) is 21.0 Å². The minimum absolute atomic E-state index is 0.102. The number of aromatic hydroxyl groups is 1. The number of aliphatic hydroxyl groups is 1. The summed E-state index contributed by atoms with van der Waals surface area (Å²) in [7, 11) is 3.13. The van der Waals surface area contributed by atoms with Gasteiger partial charge in [-0.05, 0) is 71.8 Å². The van der Waals surface area contributed by atoms with E-state index in [1.807, 2.05) is 37.3 Å². The highest BCUT2D eigenvalue weighted by Crippen LogP contribution is 2.50. The van der Waals surface area contributed by atoms with E-state index >= 15 is 0 Å². The summed E-state index contributed by atoms with van der Waals surface area (Å²) < 4.78 is 34.4. The van der Waals surface area contributed by atoms with Crippen molar-refractivity contribution >= 4 is 0 Å². The van der Waals surface area contributed by atoms with Crippen LogP contribution < -0.4 is 23.7 Å². The predicted molar refractivity (Wildman–Crippen MR) is 140 cm³/mol. The van der Waals surface area contributed by atoms with Crippen LogP contribution in [-0.2, 0) is 4.74 Å². The van der Waals surface area contributed by atoms with Crippen LogP contribution in [0.25, 0.3) is 0 Å². The lowest BCUT2D eigenvalue weighted by Crippen LogP contribution is -2.22. The van der Waals surface area contributed by atoms with Crippen LogP contribution in [0.4, 0.5) is 0 Å². The zero-order valence-corrected chi connectivity index (χ0v) is 22.2. The quantitative estimate of drug-likeness (QED) is 0.388. The maximum atomic E-state index is 10.9. The Kier molecular flexibility index (Phi) is 7.27. The second kappa shape index (κ2) is 10.6. The summed E-state index contributed by atoms with van der Waals surface area (Å²) >= 11 is 0. The number of fused-ring (bicyclic) bond motifs is 1. The van der Waals surface area contributed by atoms with Gasteiger partial charge in [0.05, 0.1) is 26.4 Å². The van der Waals surface area contributed by atoms with Gasteiger partial charge in [0.1, 0.15) is 12.2 Å². The molecular weight excluding hydrogens is 488 g/mol. The Morgan fingerprint density at radius 2 is 1.42 bits per heavy atom. The van der Waals surface area contributed by atoms with Gasteiger partial charge in [-0.25, -0.2) is 0 Å². The lowest BCUT2D eigenvalue weighted by Gasteiger charge is -2.23. The molecule has 0 radical (unpaired) electrons. The summed E-state index contributed by atoms with van der Waals surface area (Å²) in [6.07, 6.45) is -1.74. The number of hydrogen-bond acceptors (Lipinski definition) is 8. The van der Waals surface area contributed by atoms with E-state index in [0.29, 0.717) is 34.3 Å². The third-order valence-electron chi connectivity index (χ3n) is 7.62. The molecule has 0 aliphatic carbocycles. The normalized spacial score (nSPS) is 23.6. The molecule has 0 spiro atoms. The molecule has 202 valence electrons. The van der Waals surface area contributed by atoms with Crippen LogP contribution in [0.3, 0.4) is 0 Å². The standard InChI is InChI=1S/C30H34O8/c1-16-17(2)30(38-29(16)20-6-9-22(31)25(13-20)33-4)21-8-11-24(26(14-21)34-5)37-18(3)28(32)19-7-10-23-27(12-19)36-15-35-23/h6-14,16-18,28-32H,15H2,1-5H3/t16-,17-,18?,28?,29+,30+/m1/s1. The molecule has 0 bridgehead atoms. The van der Waals surface area contributed by atoms with Crippen molar-refractivity contribution in [2.45, 2.75) is 45.2 Å². The molecule has 3 aromatic carbocycles. The van der Waals surface area contributed by atoms with E-state index in [1.165, 1.54) is 7.11 Å². The topological polar surface area (TPSA) is 95.8 Å². The summed E-state index contributed by atoms with van der Waals surface area (Å²) in [5.41, 5.74) is 2.61. The minimum Gasteiger partial charge on any atom is -0.504 e. The maximum absolute atomic E-state index is 10.9. The van der Waals surface area contributed by atoms with Crippen molar-refractivity contribution in [2.24, 2.45) is 11.8 Å². The Morgan fingerprint density at radius 3 is 2.11 bits per heavy atom. The van der Waals surface area contributed by atoms with Crippen molar-refractivity contribution in [3.63, 3.8) is 0 Å². The van der Waals surface area contributed by atoms with E-state index in [1.54, 1.807) is 31.4 Å². The third-order valence-corrected chi connectivity index (χ3v) is 7.62. The predicted octanol–water partition coefficient (Wildman–Crippen LogP) is 5.72. The van der Waals surface area contributed by atoms with Crippen LogP contribution >= 0.6 is 0 Å². The second-order valence-corrected chi connectivity index (χ2v) is 9.92. The smallest absolute Gasteiger partial charge is 0.231 e. The van der Waals surface area contributed by atoms with Crippen LogP contribution in [0.1, 0.15) is 55.8 Å². The molecule has 1 saturated heterocycles. The maximum Gasteiger partial charge on any atom is 0.231 e. The lowest BCUT2D eigenvalue weighted by molar-refractivity contribution is 0.0284. The lowest BCUT2D eigenvalue weighted by atomic mass is 9.85. The van der Waals surface area contributed by atoms with E-state index < -0.39 is 12.2 Å². The van der Waals surface area contributed by atoms with Crippen LogP contribution in [-0.4, -0.2) is 37.3 Å². The van der Waals surface area contributed by atoms with E-state index in [0.717, 1.165) is 11.1 Å². The van der Waals surface area contributed by atoms with Crippen molar-refractivity contribution in [1.82, 2.24) is 0 Å². The van der Waals surface area contributed by atoms with Crippen molar-refractivity contribution in [1.29, 1.82) is 0 Å². The monoisotopic (exact) mass is 522 g/mol. The fourth-order valence-electron chi connectivity index (χ4n) is 5.18. The van der Waals surface area contributed by atoms with Crippen LogP contribution in [0, 0.1) is 11.8 Å². The van der Waals surface area contributed by atoms with Gasteiger partial charge < -0.3 is 38.6 Å². The highest BCUT2D eigenvalue weighted by atomic mass is 16.7. The first-order valence-corrected chi connectivity index (χ1v) is 12.7. The summed E-state index contributed by atoms with van der Waals surface area (Å²) in [4.78, 5) is 0. The van der Waals surface area contributed by atoms with Gasteiger partial charge in [-0.15, -0.1) is 0 Å². The SMILES string of the molecule is COc1cc([C@H]2O[C@H](c3ccc(OC(C)C(O)c4ccc5c(c4)OCO5)c(OC)c3)[C@H](C)[C@H]2C)ccc1O. The Hall–Kier alpha value is -3.62. The number of aliphatic hydroxyl groups excluding tert-OH is 1. The Labute approximate surface area is 222 Å². The molecule has 1 fully saturated rings. The van der Waals surface area contributed by atoms with Gasteiger partial charge in [-0.1, -0.05) is 32.0 Å². The van der Waals surface area contributed by atoms with Gasteiger partial charge in [-0.2, -0.15) is 0 Å². The molecule has 8 heteroatoms. The summed E-state index contributed by atoms with van der Waals surface area (Å²) in [5.74, 6) is 3.35. The fraction of sp³-hybridized carbons (Fsp3) is 0.400. The molecule has 5 rings (SSSR count). The molecular formula is C30H34O8. The number of ether oxygens (including phenoxy) is 6. The van der Waals surface area contributed by atoms with E-state index in [4.69, 9.17) is 28.4 Å². The molecule has 0 saturated carbocycles. The largest absolute Gasteiger partial charge is 0.504 e. The zero-order valence-electron chi connectivity index (χ0n) is 22.2. The molecule has 8 nitrogen and oxygen atoms in total. The first kappa shape index (κ1) is 26.0. The molecule has 2 heterocycles. The van der Waals surface area contributed by atoms with Crippen molar-refractivity contribution < 1.29 is 38.6 Å². The van der Waals surface area contributed by atoms with Crippen LogP contribution in [0.5, 0.6) is 34.5 Å². The summed E-state index contributed by atoms with van der Waals surface area (Å²) in [5, 5.41) is 20.9. The van der Waals surface area contributed by atoms with Crippen LogP contribution in [0.2, 0.25) is 0 Å². The van der Waals surface area contributed by atoms with Crippen LogP contribution in [0.15, 0.2) is 54.6 Å². The molecule has 2 unspecified atom stereocenters. The van der Waals surface area contributed by atoms with Gasteiger partial charge in [-0.3, -0.25) is 0 Å². The average molecular weight is 523 g/mol. The Bertz CT molecular complexity index is 1290. The van der Waals surface area contributed by atoms with Gasteiger partial charge >= 0.3 is 0 Å². The fourth-order valence-corrected chi connectivity index (χ4v) is 5.18. The molecule has 3 aromatic rings. The molecule has 2 aliphatic rings. The number of phenolic OH excluding ortho intramolecular Hbond substituents is 1. The van der Waals surface area contributed by atoms with Gasteiger partial charge in [0.25, 0.3) is 0 Å². The number of methoxy groups -OCH3 is 2. The van der Waals surface area contributed by atoms with E-state index in [9.17, 15) is 10.2 Å². The summed E-state index contributed by atoms with van der Waals surface area (Å²) in [6.45, 7) is 6.33. The number of rotatable bonds is 8. The highest BCUT2D eigenvalue weighted by molar-refractivity contribution is 5.47. The van der Waals surface area contributed by atoms with Crippen molar-refractivity contribution in [3.8, 4) is 34.5 Å². The number of phenols is 1. The Balaban J connectivity index is 1.32. The molecule has 38 heavy (non-hydrogen) atoms. The van der Waals surface area contributed by atoms with E-state index in [2.05, 4.69) is 13.8 Å². The Morgan fingerprint density at radius 1 is 0.789 bits per heavy atom. The molecule has 2 aliphatic heterocycles. The molecule has 0 amide bonds. The van der Waals surface area contributed by atoms with Gasteiger partial charge in [0.15, 0.2) is 34.5 Å². The average Bonchev–Trinajstić information content (AvgIpc) is 3.52. The number of benzene rings is 3. The molecule has 2 N–H and O–H groups in total. The minimum atomic E-state index is -0.879. The molecule has 0 aromatic heterocycles. The molecule has 6 atom stereocenters. The third kappa shape index (κ3) is 4.81. The first-order chi connectivity index (χ1) is 18.3. The zero-order chi connectivity index (χ0) is 27.0.